The zero-order chi connectivity index (χ0) is 12.8. The summed E-state index contributed by atoms with van der Waals surface area (Å²) >= 11 is 0. The fraction of sp³-hybridized carbons (Fsp3) is 0.385. The smallest absolute Gasteiger partial charge is 0.258 e. The lowest BCUT2D eigenvalue weighted by atomic mass is 10.1. The van der Waals surface area contributed by atoms with Gasteiger partial charge in [0.15, 0.2) is 17.3 Å². The highest BCUT2D eigenvalue weighted by Gasteiger charge is 2.43. The maximum Gasteiger partial charge on any atom is 0.258 e. The first kappa shape index (κ1) is 11.1. The number of hydrogen-bond acceptors (Lipinski definition) is 5. The van der Waals surface area contributed by atoms with Crippen molar-refractivity contribution in [3.63, 3.8) is 0 Å². The molecule has 1 aliphatic carbocycles. The normalized spacial score (nSPS) is 16.6. The van der Waals surface area contributed by atoms with E-state index < -0.39 is 0 Å². The predicted molar refractivity (Wildman–Crippen MR) is 64.5 cm³/mol. The monoisotopic (exact) mass is 246 g/mol. The number of methoxy groups -OCH3 is 1. The molecule has 1 aromatic heterocycles. The zero-order valence-corrected chi connectivity index (χ0v) is 10.3. The third-order valence-electron chi connectivity index (χ3n) is 3.39. The summed E-state index contributed by atoms with van der Waals surface area (Å²) in [5, 5.41) is 13.5. The standard InChI is InChI=1S/C13H14N2O3/c1-13(5-6-13)12-14-11(18-15-12)8-3-4-9(16)10(7-8)17-2/h3-4,7,16H,5-6H2,1-2H3. The third kappa shape index (κ3) is 1.72. The van der Waals surface area contributed by atoms with Crippen LogP contribution in [-0.4, -0.2) is 22.4 Å². The van der Waals surface area contributed by atoms with Gasteiger partial charge in [-0.1, -0.05) is 12.1 Å². The maximum atomic E-state index is 9.53. The van der Waals surface area contributed by atoms with Gasteiger partial charge in [-0.3, -0.25) is 0 Å². The van der Waals surface area contributed by atoms with E-state index in [9.17, 15) is 5.11 Å². The molecule has 1 fully saturated rings. The quantitative estimate of drug-likeness (QED) is 0.901. The van der Waals surface area contributed by atoms with Gasteiger partial charge in [0.2, 0.25) is 0 Å². The maximum absolute atomic E-state index is 9.53. The largest absolute Gasteiger partial charge is 0.504 e. The molecule has 0 aliphatic heterocycles. The van der Waals surface area contributed by atoms with Gasteiger partial charge in [-0.2, -0.15) is 4.98 Å². The average molecular weight is 246 g/mol. The van der Waals surface area contributed by atoms with E-state index in [1.54, 1.807) is 18.2 Å². The number of aromatic nitrogens is 2. The molecule has 94 valence electrons. The van der Waals surface area contributed by atoms with Crippen molar-refractivity contribution in [2.75, 3.05) is 7.11 Å². The third-order valence-corrected chi connectivity index (χ3v) is 3.39. The Hall–Kier alpha value is -2.04. The molecule has 0 amide bonds. The molecule has 0 unspecified atom stereocenters. The molecular formula is C13H14N2O3. The number of benzene rings is 1. The van der Waals surface area contributed by atoms with Crippen molar-refractivity contribution in [3.05, 3.63) is 24.0 Å². The molecule has 3 rings (SSSR count). The first-order chi connectivity index (χ1) is 8.62. The molecular weight excluding hydrogens is 232 g/mol. The van der Waals surface area contributed by atoms with E-state index >= 15 is 0 Å². The van der Waals surface area contributed by atoms with E-state index in [0.29, 0.717) is 11.6 Å². The summed E-state index contributed by atoms with van der Waals surface area (Å²) in [4.78, 5) is 4.40. The van der Waals surface area contributed by atoms with Crippen LogP contribution in [0.15, 0.2) is 22.7 Å². The van der Waals surface area contributed by atoms with E-state index in [1.165, 1.54) is 7.11 Å². The molecule has 0 spiro atoms. The van der Waals surface area contributed by atoms with Gasteiger partial charge in [0.1, 0.15) is 0 Å². The van der Waals surface area contributed by atoms with Gasteiger partial charge in [-0.05, 0) is 31.0 Å². The van der Waals surface area contributed by atoms with Crippen LogP contribution >= 0.6 is 0 Å². The predicted octanol–water partition coefficient (Wildman–Crippen LogP) is 2.50. The second kappa shape index (κ2) is 3.73. The van der Waals surface area contributed by atoms with Crippen molar-refractivity contribution in [3.8, 4) is 23.0 Å². The van der Waals surface area contributed by atoms with Crippen LogP contribution in [0.2, 0.25) is 0 Å². The molecule has 1 N–H and O–H groups in total. The molecule has 1 aliphatic rings. The minimum absolute atomic E-state index is 0.0861. The topological polar surface area (TPSA) is 68.4 Å². The van der Waals surface area contributed by atoms with Gasteiger partial charge < -0.3 is 14.4 Å². The molecule has 0 radical (unpaired) electrons. The first-order valence-electron chi connectivity index (χ1n) is 5.84. The number of aromatic hydroxyl groups is 1. The Morgan fingerprint density at radius 3 is 2.83 bits per heavy atom. The fourth-order valence-electron chi connectivity index (χ4n) is 1.81. The second-order valence-electron chi connectivity index (χ2n) is 4.87. The number of phenols is 1. The number of ether oxygens (including phenoxy) is 1. The molecule has 0 bridgehead atoms. The summed E-state index contributed by atoms with van der Waals surface area (Å²) in [5.41, 5.74) is 0.829. The van der Waals surface area contributed by atoms with Crippen molar-refractivity contribution in [2.45, 2.75) is 25.2 Å². The van der Waals surface area contributed by atoms with Gasteiger partial charge in [0.05, 0.1) is 7.11 Å². The van der Waals surface area contributed by atoms with Crippen LogP contribution in [0.25, 0.3) is 11.5 Å². The molecule has 0 atom stereocenters. The summed E-state index contributed by atoms with van der Waals surface area (Å²) in [6.07, 6.45) is 2.20. The van der Waals surface area contributed by atoms with Crippen molar-refractivity contribution in [1.29, 1.82) is 0 Å². The van der Waals surface area contributed by atoms with Crippen LogP contribution in [0.3, 0.4) is 0 Å². The Bertz CT molecular complexity index is 588. The summed E-state index contributed by atoms with van der Waals surface area (Å²) < 4.78 is 10.3. The first-order valence-corrected chi connectivity index (χ1v) is 5.84. The minimum Gasteiger partial charge on any atom is -0.504 e. The molecule has 18 heavy (non-hydrogen) atoms. The van der Waals surface area contributed by atoms with Crippen LogP contribution in [-0.2, 0) is 5.41 Å². The molecule has 0 saturated heterocycles. The summed E-state index contributed by atoms with van der Waals surface area (Å²) in [5.74, 6) is 1.70. The molecule has 5 nitrogen and oxygen atoms in total. The van der Waals surface area contributed by atoms with Crippen molar-refractivity contribution < 1.29 is 14.4 Å². The summed E-state index contributed by atoms with van der Waals surface area (Å²) in [6.45, 7) is 2.12. The van der Waals surface area contributed by atoms with Crippen LogP contribution < -0.4 is 4.74 Å². The van der Waals surface area contributed by atoms with Crippen molar-refractivity contribution in [1.82, 2.24) is 10.1 Å². The molecule has 1 aromatic carbocycles. The van der Waals surface area contributed by atoms with E-state index in [2.05, 4.69) is 17.1 Å². The molecule has 1 saturated carbocycles. The average Bonchev–Trinajstić information content (AvgIpc) is 2.94. The number of hydrogen-bond donors (Lipinski definition) is 1. The van der Waals surface area contributed by atoms with Crippen LogP contribution in [0.5, 0.6) is 11.5 Å². The van der Waals surface area contributed by atoms with Gasteiger partial charge in [-0.25, -0.2) is 0 Å². The van der Waals surface area contributed by atoms with Gasteiger partial charge in [-0.15, -0.1) is 0 Å². The Balaban J connectivity index is 1.97. The Kier molecular flexibility index (Phi) is 2.29. The van der Waals surface area contributed by atoms with E-state index in [-0.39, 0.29) is 11.2 Å². The lowest BCUT2D eigenvalue weighted by Gasteiger charge is -2.03. The van der Waals surface area contributed by atoms with Crippen LogP contribution in [0.1, 0.15) is 25.6 Å². The van der Waals surface area contributed by atoms with Gasteiger partial charge in [0, 0.05) is 11.0 Å². The lowest BCUT2D eigenvalue weighted by Crippen LogP contribution is -2.01. The highest BCUT2D eigenvalue weighted by molar-refractivity contribution is 5.59. The SMILES string of the molecule is COc1cc(-c2nc(C3(C)CC3)no2)ccc1O. The van der Waals surface area contributed by atoms with Crippen molar-refractivity contribution in [2.24, 2.45) is 0 Å². The minimum atomic E-state index is 0.0861. The highest BCUT2D eigenvalue weighted by atomic mass is 16.5. The Morgan fingerprint density at radius 2 is 2.17 bits per heavy atom. The Morgan fingerprint density at radius 1 is 1.39 bits per heavy atom. The van der Waals surface area contributed by atoms with Crippen LogP contribution in [0.4, 0.5) is 0 Å². The molecule has 1 heterocycles. The van der Waals surface area contributed by atoms with E-state index in [4.69, 9.17) is 9.26 Å². The lowest BCUT2D eigenvalue weighted by molar-refractivity contribution is 0.373. The van der Waals surface area contributed by atoms with Gasteiger partial charge in [0.25, 0.3) is 5.89 Å². The fourth-order valence-corrected chi connectivity index (χ4v) is 1.81. The summed E-state index contributed by atoms with van der Waals surface area (Å²) in [6, 6.07) is 4.96. The zero-order valence-electron chi connectivity index (χ0n) is 10.3. The molecule has 5 heteroatoms. The second-order valence-corrected chi connectivity index (χ2v) is 4.87. The number of nitrogens with zero attached hydrogens (tertiary/aromatic N) is 2. The van der Waals surface area contributed by atoms with Gasteiger partial charge >= 0.3 is 0 Å². The Labute approximate surface area is 104 Å². The number of rotatable bonds is 3. The number of phenolic OH excluding ortho intramolecular Hbond substituents is 1. The van der Waals surface area contributed by atoms with Crippen LogP contribution in [0, 0.1) is 0 Å². The molecule has 2 aromatic rings. The van der Waals surface area contributed by atoms with E-state index in [0.717, 1.165) is 24.2 Å². The summed E-state index contributed by atoms with van der Waals surface area (Å²) in [7, 11) is 1.50. The van der Waals surface area contributed by atoms with Crippen molar-refractivity contribution >= 4 is 0 Å². The highest BCUT2D eigenvalue weighted by Crippen LogP contribution is 2.46. The van der Waals surface area contributed by atoms with E-state index in [1.807, 2.05) is 0 Å².